The van der Waals surface area contributed by atoms with E-state index in [2.05, 4.69) is 5.32 Å². The molecule has 2 rings (SSSR count). The van der Waals surface area contributed by atoms with Crippen LogP contribution < -0.4 is 5.32 Å². The van der Waals surface area contributed by atoms with Crippen molar-refractivity contribution < 1.29 is 9.90 Å². The zero-order chi connectivity index (χ0) is 13.7. The molecule has 19 heavy (non-hydrogen) atoms. The number of aryl methyl sites for hydroxylation is 1. The first-order valence-corrected chi connectivity index (χ1v) is 6.28. The average molecular weight is 255 g/mol. The van der Waals surface area contributed by atoms with Gasteiger partial charge in [-0.05, 0) is 43.2 Å². The maximum Gasteiger partial charge on any atom is 0.251 e. The molecule has 0 spiro atoms. The van der Waals surface area contributed by atoms with E-state index in [1.807, 2.05) is 43.3 Å². The van der Waals surface area contributed by atoms with Gasteiger partial charge in [-0.1, -0.05) is 29.8 Å². The fourth-order valence-corrected chi connectivity index (χ4v) is 1.87. The number of hydrogen-bond acceptors (Lipinski definition) is 2. The van der Waals surface area contributed by atoms with Gasteiger partial charge in [0, 0.05) is 12.1 Å². The molecule has 1 amide bonds. The summed E-state index contributed by atoms with van der Waals surface area (Å²) in [4.78, 5) is 11.9. The molecule has 3 heteroatoms. The van der Waals surface area contributed by atoms with E-state index < -0.39 is 0 Å². The van der Waals surface area contributed by atoms with Gasteiger partial charge in [0.25, 0.3) is 5.91 Å². The third-order valence-electron chi connectivity index (χ3n) is 2.92. The van der Waals surface area contributed by atoms with E-state index in [1.54, 1.807) is 12.1 Å². The van der Waals surface area contributed by atoms with Gasteiger partial charge in [0.2, 0.25) is 0 Å². The van der Waals surface area contributed by atoms with Crippen LogP contribution in [0.15, 0.2) is 48.5 Å². The Morgan fingerprint density at radius 1 is 1.16 bits per heavy atom. The number of aromatic hydroxyl groups is 1. The fraction of sp³-hybridized carbons (Fsp3) is 0.188. The number of phenols is 1. The summed E-state index contributed by atoms with van der Waals surface area (Å²) in [6.45, 7) is 2.55. The van der Waals surface area contributed by atoms with Crippen molar-refractivity contribution in [2.45, 2.75) is 13.3 Å². The molecule has 0 unspecified atom stereocenters. The molecule has 0 radical (unpaired) electrons. The molecule has 3 nitrogen and oxygen atoms in total. The quantitative estimate of drug-likeness (QED) is 0.882. The molecule has 98 valence electrons. The Morgan fingerprint density at radius 2 is 1.89 bits per heavy atom. The van der Waals surface area contributed by atoms with E-state index in [-0.39, 0.29) is 11.7 Å². The van der Waals surface area contributed by atoms with E-state index in [0.29, 0.717) is 12.1 Å². The van der Waals surface area contributed by atoms with Crippen LogP contribution in [0.1, 0.15) is 21.5 Å². The van der Waals surface area contributed by atoms with Crippen LogP contribution in [-0.4, -0.2) is 17.6 Å². The van der Waals surface area contributed by atoms with Gasteiger partial charge in [0.15, 0.2) is 0 Å². The van der Waals surface area contributed by atoms with Crippen LogP contribution in [0.5, 0.6) is 5.75 Å². The highest BCUT2D eigenvalue weighted by Crippen LogP contribution is 2.09. The second-order valence-electron chi connectivity index (χ2n) is 4.54. The zero-order valence-electron chi connectivity index (χ0n) is 10.9. The van der Waals surface area contributed by atoms with Gasteiger partial charge in [0.1, 0.15) is 5.75 Å². The normalized spacial score (nSPS) is 10.2. The third kappa shape index (κ3) is 3.85. The number of phenolic OH excluding ortho intramolecular Hbond substituents is 1. The molecule has 2 N–H and O–H groups in total. The van der Waals surface area contributed by atoms with Gasteiger partial charge in [-0.15, -0.1) is 0 Å². The van der Waals surface area contributed by atoms with Crippen molar-refractivity contribution in [1.29, 1.82) is 0 Å². The molecule has 0 aromatic heterocycles. The predicted octanol–water partition coefficient (Wildman–Crippen LogP) is 2.67. The number of carbonyl (C=O) groups excluding carboxylic acids is 1. The molecule has 0 aliphatic heterocycles. The summed E-state index contributed by atoms with van der Waals surface area (Å²) in [6, 6.07) is 14.5. The van der Waals surface area contributed by atoms with Crippen molar-refractivity contribution in [3.8, 4) is 5.75 Å². The first-order valence-electron chi connectivity index (χ1n) is 6.28. The van der Waals surface area contributed by atoms with E-state index >= 15 is 0 Å². The molecule has 0 aliphatic rings. The summed E-state index contributed by atoms with van der Waals surface area (Å²) < 4.78 is 0. The lowest BCUT2D eigenvalue weighted by Gasteiger charge is -2.06. The molecule has 0 fully saturated rings. The van der Waals surface area contributed by atoms with Crippen molar-refractivity contribution in [3.05, 3.63) is 65.2 Å². The predicted molar refractivity (Wildman–Crippen MR) is 75.3 cm³/mol. The maximum absolute atomic E-state index is 11.9. The molecule has 0 saturated carbocycles. The number of hydrogen-bond donors (Lipinski definition) is 2. The zero-order valence-corrected chi connectivity index (χ0v) is 10.9. The monoisotopic (exact) mass is 255 g/mol. The lowest BCUT2D eigenvalue weighted by atomic mass is 10.1. The third-order valence-corrected chi connectivity index (χ3v) is 2.92. The van der Waals surface area contributed by atoms with E-state index in [0.717, 1.165) is 17.5 Å². The van der Waals surface area contributed by atoms with E-state index in [4.69, 9.17) is 0 Å². The minimum atomic E-state index is -0.0533. The smallest absolute Gasteiger partial charge is 0.251 e. The summed E-state index contributed by atoms with van der Waals surface area (Å²) in [6.07, 6.45) is 0.748. The largest absolute Gasteiger partial charge is 0.508 e. The van der Waals surface area contributed by atoms with Crippen molar-refractivity contribution in [2.75, 3.05) is 6.54 Å². The molecule has 2 aromatic rings. The average Bonchev–Trinajstić information content (AvgIpc) is 2.41. The highest BCUT2D eigenvalue weighted by molar-refractivity contribution is 5.94. The summed E-state index contributed by atoms with van der Waals surface area (Å²) in [5.74, 6) is 0.204. The molecule has 0 aliphatic carbocycles. The second-order valence-corrected chi connectivity index (χ2v) is 4.54. The van der Waals surface area contributed by atoms with Crippen molar-refractivity contribution >= 4 is 5.91 Å². The lowest BCUT2D eigenvalue weighted by molar-refractivity contribution is 0.0954. The fourth-order valence-electron chi connectivity index (χ4n) is 1.87. The first-order chi connectivity index (χ1) is 9.15. The van der Waals surface area contributed by atoms with E-state index in [9.17, 15) is 9.90 Å². The molecule has 0 saturated heterocycles. The Kier molecular flexibility index (Phi) is 4.18. The van der Waals surface area contributed by atoms with Gasteiger partial charge in [0.05, 0.1) is 0 Å². The minimum absolute atomic E-state index is 0.0533. The van der Waals surface area contributed by atoms with Crippen molar-refractivity contribution in [2.24, 2.45) is 0 Å². The van der Waals surface area contributed by atoms with Crippen LogP contribution in [0.4, 0.5) is 0 Å². The summed E-state index contributed by atoms with van der Waals surface area (Å²) in [5, 5.41) is 12.1. The second kappa shape index (κ2) is 6.05. The Balaban J connectivity index is 1.86. The Hall–Kier alpha value is -2.29. The van der Waals surface area contributed by atoms with Crippen LogP contribution >= 0.6 is 0 Å². The number of amides is 1. The van der Waals surface area contributed by atoms with Crippen LogP contribution in [0.25, 0.3) is 0 Å². The Morgan fingerprint density at radius 3 is 2.58 bits per heavy atom. The molecule has 0 atom stereocenters. The van der Waals surface area contributed by atoms with Crippen LogP contribution in [-0.2, 0) is 6.42 Å². The van der Waals surface area contributed by atoms with E-state index in [1.165, 1.54) is 0 Å². The highest BCUT2D eigenvalue weighted by Gasteiger charge is 2.04. The lowest BCUT2D eigenvalue weighted by Crippen LogP contribution is -2.25. The highest BCUT2D eigenvalue weighted by atomic mass is 16.3. The summed E-state index contributed by atoms with van der Waals surface area (Å²) >= 11 is 0. The van der Waals surface area contributed by atoms with Crippen LogP contribution in [0.2, 0.25) is 0 Å². The van der Waals surface area contributed by atoms with Gasteiger partial charge >= 0.3 is 0 Å². The van der Waals surface area contributed by atoms with Crippen LogP contribution in [0, 0.1) is 6.92 Å². The number of carbonyl (C=O) groups is 1. The van der Waals surface area contributed by atoms with Crippen LogP contribution in [0.3, 0.4) is 0 Å². The maximum atomic E-state index is 11.9. The van der Waals surface area contributed by atoms with Crippen molar-refractivity contribution in [1.82, 2.24) is 5.32 Å². The standard InChI is InChI=1S/C16H17NO2/c1-12-3-2-4-14(11-12)16(19)17-10-9-13-5-7-15(18)8-6-13/h2-8,11,18H,9-10H2,1H3,(H,17,19). The number of rotatable bonds is 4. The molecular formula is C16H17NO2. The molecule has 0 bridgehead atoms. The number of nitrogens with one attached hydrogen (secondary N) is 1. The first kappa shape index (κ1) is 13.1. The Bertz CT molecular complexity index is 561. The Labute approximate surface area is 112 Å². The SMILES string of the molecule is Cc1cccc(C(=O)NCCc2ccc(O)cc2)c1. The molecule has 0 heterocycles. The summed E-state index contributed by atoms with van der Waals surface area (Å²) in [7, 11) is 0. The van der Waals surface area contributed by atoms with Crippen molar-refractivity contribution in [3.63, 3.8) is 0 Å². The number of benzene rings is 2. The van der Waals surface area contributed by atoms with Gasteiger partial charge in [-0.25, -0.2) is 0 Å². The topological polar surface area (TPSA) is 49.3 Å². The molecular weight excluding hydrogens is 238 g/mol. The van der Waals surface area contributed by atoms with Gasteiger partial charge < -0.3 is 10.4 Å². The molecule has 2 aromatic carbocycles. The summed E-state index contributed by atoms with van der Waals surface area (Å²) in [5.41, 5.74) is 2.85. The van der Waals surface area contributed by atoms with Gasteiger partial charge in [-0.2, -0.15) is 0 Å². The van der Waals surface area contributed by atoms with Gasteiger partial charge in [-0.3, -0.25) is 4.79 Å². The minimum Gasteiger partial charge on any atom is -0.508 e.